The van der Waals surface area contributed by atoms with Crippen LogP contribution in [0.15, 0.2) is 58.6 Å². The molecule has 2 aromatic carbocycles. The van der Waals surface area contributed by atoms with Crippen LogP contribution in [-0.2, 0) is 14.3 Å². The number of aliphatic hydroxyl groups is 1. The number of amides is 1. The van der Waals surface area contributed by atoms with Crippen LogP contribution in [0.2, 0.25) is 0 Å². The maximum atomic E-state index is 13.0. The Hall–Kier alpha value is -2.64. The lowest BCUT2D eigenvalue weighted by atomic mass is 9.95. The first-order valence-corrected chi connectivity index (χ1v) is 10.9. The minimum absolute atomic E-state index is 0.0597. The summed E-state index contributed by atoms with van der Waals surface area (Å²) < 4.78 is 11.8. The molecule has 3 rings (SSSR count). The number of halogens is 1. The van der Waals surface area contributed by atoms with Crippen molar-refractivity contribution in [1.29, 1.82) is 0 Å². The van der Waals surface area contributed by atoms with Gasteiger partial charge in [0, 0.05) is 23.7 Å². The van der Waals surface area contributed by atoms with Gasteiger partial charge >= 0.3 is 0 Å². The summed E-state index contributed by atoms with van der Waals surface area (Å²) >= 11 is 3.36. The van der Waals surface area contributed by atoms with E-state index in [0.717, 1.165) is 4.47 Å². The molecule has 1 amide bonds. The minimum atomic E-state index is -0.735. The first-order valence-electron chi connectivity index (χ1n) is 10.1. The largest absolute Gasteiger partial charge is 0.507 e. The average Bonchev–Trinajstić information content (AvgIpc) is 3.01. The molecule has 6 nitrogen and oxygen atoms in total. The SMILES string of the molecule is COCCN1C(=O)C(=O)/C(=C(\O)c2ccc(Br)cc2)C1c1cccc(OCC(C)C)c1. The Morgan fingerprint density at radius 1 is 1.16 bits per heavy atom. The standard InChI is InChI=1S/C24H26BrNO5/c1-15(2)14-31-19-6-4-5-17(13-19)21-20(22(27)16-7-9-18(25)10-8-16)23(28)24(29)26(21)11-12-30-3/h4-10,13,15,21,27H,11-12,14H2,1-3H3/b22-20-. The topological polar surface area (TPSA) is 76.1 Å². The summed E-state index contributed by atoms with van der Waals surface area (Å²) in [6.07, 6.45) is 0. The summed E-state index contributed by atoms with van der Waals surface area (Å²) in [4.78, 5) is 27.2. The van der Waals surface area contributed by atoms with Gasteiger partial charge in [-0.15, -0.1) is 0 Å². The number of ketones is 1. The van der Waals surface area contributed by atoms with Crippen LogP contribution in [0, 0.1) is 5.92 Å². The van der Waals surface area contributed by atoms with Gasteiger partial charge in [0.05, 0.1) is 24.8 Å². The quantitative estimate of drug-likeness (QED) is 0.335. The number of ether oxygens (including phenoxy) is 2. The molecule has 2 aromatic rings. The van der Waals surface area contributed by atoms with E-state index < -0.39 is 17.7 Å². The molecule has 1 heterocycles. The molecule has 0 aromatic heterocycles. The number of hydrogen-bond donors (Lipinski definition) is 1. The van der Waals surface area contributed by atoms with E-state index in [4.69, 9.17) is 9.47 Å². The van der Waals surface area contributed by atoms with Crippen molar-refractivity contribution in [2.45, 2.75) is 19.9 Å². The molecule has 1 saturated heterocycles. The van der Waals surface area contributed by atoms with E-state index >= 15 is 0 Å². The molecule has 0 spiro atoms. The normalized spacial score (nSPS) is 18.1. The third-order valence-electron chi connectivity index (χ3n) is 4.95. The fourth-order valence-electron chi connectivity index (χ4n) is 3.45. The number of carbonyl (C=O) groups is 2. The minimum Gasteiger partial charge on any atom is -0.507 e. The highest BCUT2D eigenvalue weighted by molar-refractivity contribution is 9.10. The Bertz CT molecular complexity index is 984. The highest BCUT2D eigenvalue weighted by Gasteiger charge is 2.46. The first kappa shape index (κ1) is 23.0. The highest BCUT2D eigenvalue weighted by atomic mass is 79.9. The Morgan fingerprint density at radius 3 is 2.52 bits per heavy atom. The number of likely N-dealkylation sites (tertiary alicyclic amines) is 1. The van der Waals surface area contributed by atoms with E-state index in [-0.39, 0.29) is 24.5 Å². The first-order chi connectivity index (χ1) is 14.8. The van der Waals surface area contributed by atoms with E-state index in [1.54, 1.807) is 24.3 Å². The van der Waals surface area contributed by atoms with Crippen LogP contribution in [0.4, 0.5) is 0 Å². The van der Waals surface area contributed by atoms with Gasteiger partial charge in [-0.2, -0.15) is 0 Å². The fraction of sp³-hybridized carbons (Fsp3) is 0.333. The molecule has 31 heavy (non-hydrogen) atoms. The van der Waals surface area contributed by atoms with Crippen molar-refractivity contribution in [2.75, 3.05) is 26.9 Å². The Morgan fingerprint density at radius 2 is 1.87 bits per heavy atom. The fourth-order valence-corrected chi connectivity index (χ4v) is 3.71. The monoisotopic (exact) mass is 487 g/mol. The van der Waals surface area contributed by atoms with Crippen LogP contribution in [0.25, 0.3) is 5.76 Å². The molecular formula is C24H26BrNO5. The van der Waals surface area contributed by atoms with E-state index in [9.17, 15) is 14.7 Å². The summed E-state index contributed by atoms with van der Waals surface area (Å²) in [5.41, 5.74) is 1.21. The van der Waals surface area contributed by atoms with Crippen molar-refractivity contribution in [3.8, 4) is 5.75 Å². The van der Waals surface area contributed by atoms with E-state index in [2.05, 4.69) is 29.8 Å². The lowest BCUT2D eigenvalue weighted by Crippen LogP contribution is -2.32. The third kappa shape index (κ3) is 5.17. The van der Waals surface area contributed by atoms with Crippen LogP contribution in [0.5, 0.6) is 5.75 Å². The van der Waals surface area contributed by atoms with Gasteiger partial charge in [-0.3, -0.25) is 9.59 Å². The van der Waals surface area contributed by atoms with Gasteiger partial charge in [0.2, 0.25) is 0 Å². The smallest absolute Gasteiger partial charge is 0.295 e. The zero-order valence-electron chi connectivity index (χ0n) is 17.8. The molecular weight excluding hydrogens is 462 g/mol. The molecule has 7 heteroatoms. The van der Waals surface area contributed by atoms with Crippen molar-refractivity contribution in [3.63, 3.8) is 0 Å². The molecule has 1 aliphatic rings. The van der Waals surface area contributed by atoms with Crippen molar-refractivity contribution in [1.82, 2.24) is 4.90 Å². The number of rotatable bonds is 8. The maximum Gasteiger partial charge on any atom is 0.295 e. The number of Topliss-reactive ketones (excluding diaryl/α,β-unsaturated/α-hetero) is 1. The van der Waals surface area contributed by atoms with Crippen LogP contribution in [0.1, 0.15) is 31.0 Å². The van der Waals surface area contributed by atoms with Crippen LogP contribution >= 0.6 is 15.9 Å². The second kappa shape index (κ2) is 10.1. The lowest BCUT2D eigenvalue weighted by Gasteiger charge is -2.25. The van der Waals surface area contributed by atoms with Gasteiger partial charge in [-0.05, 0) is 35.7 Å². The number of aliphatic hydroxyl groups excluding tert-OH is 1. The molecule has 1 fully saturated rings. The number of benzene rings is 2. The van der Waals surface area contributed by atoms with Gasteiger partial charge in [-0.25, -0.2) is 0 Å². The van der Waals surface area contributed by atoms with Crippen molar-refractivity contribution in [2.24, 2.45) is 5.92 Å². The van der Waals surface area contributed by atoms with Crippen LogP contribution in [0.3, 0.4) is 0 Å². The predicted molar refractivity (Wildman–Crippen MR) is 122 cm³/mol. The van der Waals surface area contributed by atoms with Gasteiger partial charge in [-0.1, -0.05) is 54.0 Å². The summed E-state index contributed by atoms with van der Waals surface area (Å²) in [7, 11) is 1.54. The number of carbonyl (C=O) groups excluding carboxylic acids is 2. The molecule has 1 aliphatic heterocycles. The van der Waals surface area contributed by atoms with Gasteiger partial charge in [0.1, 0.15) is 11.5 Å². The Balaban J connectivity index is 2.09. The van der Waals surface area contributed by atoms with E-state index in [1.165, 1.54) is 12.0 Å². The van der Waals surface area contributed by atoms with Crippen molar-refractivity contribution in [3.05, 3.63) is 69.7 Å². The van der Waals surface area contributed by atoms with Crippen molar-refractivity contribution >= 4 is 33.4 Å². The highest BCUT2D eigenvalue weighted by Crippen LogP contribution is 2.40. The predicted octanol–water partition coefficient (Wildman–Crippen LogP) is 4.55. The number of nitrogens with zero attached hydrogens (tertiary/aromatic N) is 1. The Kier molecular flexibility index (Phi) is 7.51. The molecule has 0 aliphatic carbocycles. The van der Waals surface area contributed by atoms with E-state index in [1.807, 2.05) is 24.3 Å². The summed E-state index contributed by atoms with van der Waals surface area (Å²) in [6, 6.07) is 13.5. The second-order valence-corrected chi connectivity index (χ2v) is 8.69. The molecule has 1 unspecified atom stereocenters. The summed E-state index contributed by atoms with van der Waals surface area (Å²) in [6.45, 7) is 5.15. The molecule has 0 radical (unpaired) electrons. The Labute approximate surface area is 190 Å². The van der Waals surface area contributed by atoms with Gasteiger partial charge in [0.25, 0.3) is 11.7 Å². The van der Waals surface area contributed by atoms with E-state index in [0.29, 0.717) is 29.4 Å². The third-order valence-corrected chi connectivity index (χ3v) is 5.48. The van der Waals surface area contributed by atoms with Gasteiger partial charge < -0.3 is 19.5 Å². The number of hydrogen-bond acceptors (Lipinski definition) is 5. The lowest BCUT2D eigenvalue weighted by molar-refractivity contribution is -0.140. The van der Waals surface area contributed by atoms with Crippen LogP contribution in [-0.4, -0.2) is 48.6 Å². The molecule has 0 bridgehead atoms. The average molecular weight is 488 g/mol. The molecule has 164 valence electrons. The van der Waals surface area contributed by atoms with Gasteiger partial charge in [0.15, 0.2) is 0 Å². The zero-order chi connectivity index (χ0) is 22.5. The van der Waals surface area contributed by atoms with Crippen molar-refractivity contribution < 1.29 is 24.2 Å². The number of methoxy groups -OCH3 is 1. The zero-order valence-corrected chi connectivity index (χ0v) is 19.4. The second-order valence-electron chi connectivity index (χ2n) is 7.77. The molecule has 1 atom stereocenters. The maximum absolute atomic E-state index is 13.0. The molecule has 1 N–H and O–H groups in total. The summed E-state index contributed by atoms with van der Waals surface area (Å²) in [5.74, 6) is -0.575. The molecule has 0 saturated carbocycles. The van der Waals surface area contributed by atoms with Crippen LogP contribution < -0.4 is 4.74 Å². The summed E-state index contributed by atoms with van der Waals surface area (Å²) in [5, 5.41) is 11.0.